The Morgan fingerprint density at radius 1 is 1.25 bits per heavy atom. The molecule has 148 valence electrons. The number of aromatic nitrogens is 2. The number of aryl methyl sites for hydroxylation is 2. The smallest absolute Gasteiger partial charge is 0.266 e. The quantitative estimate of drug-likeness (QED) is 0.650. The van der Waals surface area contributed by atoms with E-state index in [1.165, 1.54) is 18.4 Å². The molecule has 0 unspecified atom stereocenters. The van der Waals surface area contributed by atoms with E-state index >= 15 is 0 Å². The van der Waals surface area contributed by atoms with Crippen molar-refractivity contribution in [1.29, 1.82) is 0 Å². The van der Waals surface area contributed by atoms with Gasteiger partial charge in [0, 0.05) is 18.3 Å². The van der Waals surface area contributed by atoms with Gasteiger partial charge in [-0.3, -0.25) is 14.2 Å². The minimum Gasteiger partial charge on any atom is -0.493 e. The van der Waals surface area contributed by atoms with Gasteiger partial charge in [-0.25, -0.2) is 4.98 Å². The van der Waals surface area contributed by atoms with Gasteiger partial charge < -0.3 is 14.8 Å². The van der Waals surface area contributed by atoms with Gasteiger partial charge in [-0.15, -0.1) is 11.3 Å². The Morgan fingerprint density at radius 3 is 2.68 bits per heavy atom. The molecule has 0 atom stereocenters. The molecular formula is C20H23N3O4S. The molecule has 0 radical (unpaired) electrons. The average Bonchev–Trinajstić information content (AvgIpc) is 3.04. The van der Waals surface area contributed by atoms with Crippen molar-refractivity contribution < 1.29 is 14.3 Å². The summed E-state index contributed by atoms with van der Waals surface area (Å²) < 4.78 is 12.1. The molecule has 2 aromatic heterocycles. The highest BCUT2D eigenvalue weighted by Gasteiger charge is 2.20. The molecule has 3 aromatic rings. The summed E-state index contributed by atoms with van der Waals surface area (Å²) in [7, 11) is 3.09. The number of amides is 1. The summed E-state index contributed by atoms with van der Waals surface area (Å²) in [5.41, 5.74) is 1.13. The molecule has 0 aliphatic heterocycles. The van der Waals surface area contributed by atoms with E-state index < -0.39 is 0 Å². The van der Waals surface area contributed by atoms with E-state index in [-0.39, 0.29) is 11.5 Å². The number of thiophene rings is 1. The highest BCUT2D eigenvalue weighted by molar-refractivity contribution is 7.20. The molecule has 0 aliphatic carbocycles. The molecular weight excluding hydrogens is 378 g/mol. The number of benzene rings is 1. The zero-order valence-electron chi connectivity index (χ0n) is 16.4. The number of methoxy groups -OCH3 is 2. The minimum atomic E-state index is -0.285. The Morgan fingerprint density at radius 2 is 2.00 bits per heavy atom. The van der Waals surface area contributed by atoms with Gasteiger partial charge in [0.2, 0.25) is 0 Å². The second-order valence-electron chi connectivity index (χ2n) is 6.36. The van der Waals surface area contributed by atoms with Crippen LogP contribution in [0, 0.1) is 6.92 Å². The first kappa shape index (κ1) is 19.9. The van der Waals surface area contributed by atoms with Crippen molar-refractivity contribution in [2.45, 2.75) is 33.2 Å². The second kappa shape index (κ2) is 8.43. The van der Waals surface area contributed by atoms with E-state index in [9.17, 15) is 9.59 Å². The van der Waals surface area contributed by atoms with Crippen LogP contribution in [0.4, 0.5) is 5.69 Å². The first-order valence-corrected chi connectivity index (χ1v) is 9.83. The van der Waals surface area contributed by atoms with E-state index in [4.69, 9.17) is 9.47 Å². The van der Waals surface area contributed by atoms with Crippen LogP contribution in [0.1, 0.15) is 35.0 Å². The number of nitrogens with zero attached hydrogens (tertiary/aromatic N) is 2. The normalized spacial score (nSPS) is 10.9. The van der Waals surface area contributed by atoms with Gasteiger partial charge in [0.05, 0.1) is 30.8 Å². The zero-order chi connectivity index (χ0) is 20.3. The summed E-state index contributed by atoms with van der Waals surface area (Å²) in [4.78, 5) is 31.0. The van der Waals surface area contributed by atoms with Crippen molar-refractivity contribution in [3.63, 3.8) is 0 Å². The molecule has 3 rings (SSSR count). The van der Waals surface area contributed by atoms with Crippen molar-refractivity contribution in [3.05, 3.63) is 45.3 Å². The Hall–Kier alpha value is -2.87. The SMILES string of the molecule is CCCCn1cnc2sc(C(=O)Nc3ccc(OC)c(OC)c3)c(C)c2c1=O. The van der Waals surface area contributed by atoms with E-state index in [2.05, 4.69) is 17.2 Å². The van der Waals surface area contributed by atoms with Crippen LogP contribution < -0.4 is 20.3 Å². The van der Waals surface area contributed by atoms with Crippen molar-refractivity contribution in [2.24, 2.45) is 0 Å². The molecule has 0 saturated carbocycles. The molecule has 0 saturated heterocycles. The van der Waals surface area contributed by atoms with E-state index in [1.54, 1.807) is 43.1 Å². The second-order valence-corrected chi connectivity index (χ2v) is 7.36. The third-order valence-corrected chi connectivity index (χ3v) is 5.72. The lowest BCUT2D eigenvalue weighted by Crippen LogP contribution is -2.20. The number of ether oxygens (including phenoxy) is 2. The van der Waals surface area contributed by atoms with Gasteiger partial charge in [-0.1, -0.05) is 13.3 Å². The predicted molar refractivity (Wildman–Crippen MR) is 111 cm³/mol. The molecule has 0 bridgehead atoms. The molecule has 1 N–H and O–H groups in total. The largest absolute Gasteiger partial charge is 0.493 e. The van der Waals surface area contributed by atoms with Gasteiger partial charge in [-0.05, 0) is 31.0 Å². The van der Waals surface area contributed by atoms with Crippen LogP contribution in [-0.2, 0) is 6.54 Å². The third-order valence-electron chi connectivity index (χ3n) is 4.52. The van der Waals surface area contributed by atoms with E-state index in [0.29, 0.717) is 44.4 Å². The Balaban J connectivity index is 1.93. The first-order valence-electron chi connectivity index (χ1n) is 9.02. The maximum Gasteiger partial charge on any atom is 0.266 e. The number of rotatable bonds is 7. The maximum absolute atomic E-state index is 12.8. The summed E-state index contributed by atoms with van der Waals surface area (Å²) in [6, 6.07) is 5.15. The summed E-state index contributed by atoms with van der Waals surface area (Å²) in [5.74, 6) is 0.816. The monoisotopic (exact) mass is 401 g/mol. The summed E-state index contributed by atoms with van der Waals surface area (Å²) in [6.07, 6.45) is 3.46. The summed E-state index contributed by atoms with van der Waals surface area (Å²) >= 11 is 1.22. The fraction of sp³-hybridized carbons (Fsp3) is 0.350. The van der Waals surface area contributed by atoms with Crippen molar-refractivity contribution in [3.8, 4) is 11.5 Å². The average molecular weight is 401 g/mol. The Kier molecular flexibility index (Phi) is 5.99. The van der Waals surface area contributed by atoms with Crippen LogP contribution in [0.15, 0.2) is 29.3 Å². The molecule has 1 amide bonds. The van der Waals surface area contributed by atoms with Crippen LogP contribution in [0.2, 0.25) is 0 Å². The Labute approximate surface area is 166 Å². The van der Waals surface area contributed by atoms with Gasteiger partial charge in [-0.2, -0.15) is 0 Å². The third kappa shape index (κ3) is 3.73. The standard InChI is InChI=1S/C20H23N3O4S/c1-5-6-9-23-11-21-19-16(20(23)25)12(2)17(28-19)18(24)22-13-7-8-14(26-3)15(10-13)27-4/h7-8,10-11H,5-6,9H2,1-4H3,(H,22,24). The molecule has 0 fully saturated rings. The van der Waals surface area contributed by atoms with Crippen molar-refractivity contribution in [2.75, 3.05) is 19.5 Å². The van der Waals surface area contributed by atoms with Crippen LogP contribution in [-0.4, -0.2) is 29.7 Å². The van der Waals surface area contributed by atoms with E-state index in [0.717, 1.165) is 12.8 Å². The highest BCUT2D eigenvalue weighted by atomic mass is 32.1. The maximum atomic E-state index is 12.8. The number of fused-ring (bicyclic) bond motifs is 1. The lowest BCUT2D eigenvalue weighted by Gasteiger charge is -2.10. The summed E-state index contributed by atoms with van der Waals surface area (Å²) in [5, 5.41) is 3.37. The molecule has 7 nitrogen and oxygen atoms in total. The van der Waals surface area contributed by atoms with Crippen molar-refractivity contribution >= 4 is 33.1 Å². The van der Waals surface area contributed by atoms with Crippen LogP contribution >= 0.6 is 11.3 Å². The minimum absolute atomic E-state index is 0.0997. The number of anilines is 1. The summed E-state index contributed by atoms with van der Waals surface area (Å²) in [6.45, 7) is 4.49. The molecule has 0 aliphatic rings. The van der Waals surface area contributed by atoms with Gasteiger partial charge in [0.25, 0.3) is 11.5 Å². The van der Waals surface area contributed by atoms with Gasteiger partial charge in [0.1, 0.15) is 4.83 Å². The fourth-order valence-electron chi connectivity index (χ4n) is 2.97. The number of carbonyl (C=O) groups excluding carboxylic acids is 1. The number of unbranched alkanes of at least 4 members (excludes halogenated alkanes) is 1. The topological polar surface area (TPSA) is 82.5 Å². The number of nitrogens with one attached hydrogen (secondary N) is 1. The van der Waals surface area contributed by atoms with Crippen LogP contribution in [0.3, 0.4) is 0 Å². The zero-order valence-corrected chi connectivity index (χ0v) is 17.2. The molecule has 28 heavy (non-hydrogen) atoms. The Bertz CT molecular complexity index is 1070. The number of hydrogen-bond donors (Lipinski definition) is 1. The predicted octanol–water partition coefficient (Wildman–Crippen LogP) is 3.84. The lowest BCUT2D eigenvalue weighted by molar-refractivity contribution is 0.103. The molecule has 0 spiro atoms. The highest BCUT2D eigenvalue weighted by Crippen LogP contribution is 2.31. The van der Waals surface area contributed by atoms with Crippen molar-refractivity contribution in [1.82, 2.24) is 9.55 Å². The van der Waals surface area contributed by atoms with Crippen LogP contribution in [0.5, 0.6) is 11.5 Å². The molecule has 2 heterocycles. The fourth-order valence-corrected chi connectivity index (χ4v) is 4.00. The van der Waals surface area contributed by atoms with E-state index in [1.807, 2.05) is 0 Å². The van der Waals surface area contributed by atoms with Gasteiger partial charge >= 0.3 is 0 Å². The van der Waals surface area contributed by atoms with Crippen LogP contribution in [0.25, 0.3) is 10.2 Å². The lowest BCUT2D eigenvalue weighted by atomic mass is 10.2. The first-order chi connectivity index (χ1) is 13.5. The number of hydrogen-bond acceptors (Lipinski definition) is 6. The molecule has 8 heteroatoms. The molecule has 1 aromatic carbocycles. The number of carbonyl (C=O) groups is 1. The van der Waals surface area contributed by atoms with Gasteiger partial charge in [0.15, 0.2) is 11.5 Å².